The molecule has 19 heavy (non-hydrogen) atoms. The van der Waals surface area contributed by atoms with Gasteiger partial charge in [-0.05, 0) is 27.6 Å². The second-order valence-corrected chi connectivity index (χ2v) is 6.13. The van der Waals surface area contributed by atoms with Crippen molar-refractivity contribution in [3.8, 4) is 0 Å². The lowest BCUT2D eigenvalue weighted by atomic mass is 10.1. The van der Waals surface area contributed by atoms with Gasteiger partial charge in [-0.15, -0.1) is 0 Å². The molecule has 2 heterocycles. The molecule has 1 N–H and O–H groups in total. The van der Waals surface area contributed by atoms with Crippen LogP contribution in [0.3, 0.4) is 0 Å². The summed E-state index contributed by atoms with van der Waals surface area (Å²) in [6, 6.07) is 6.01. The third kappa shape index (κ3) is 2.99. The highest BCUT2D eigenvalue weighted by molar-refractivity contribution is 9.10. The van der Waals surface area contributed by atoms with Crippen molar-refractivity contribution in [1.82, 2.24) is 15.1 Å². The number of rotatable bonds is 3. The van der Waals surface area contributed by atoms with Gasteiger partial charge in [0.2, 0.25) is 0 Å². The minimum atomic E-state index is -0.170. The third-order valence-corrected chi connectivity index (χ3v) is 5.00. The Bertz CT molecular complexity index is 442. The average molecular weight is 328 g/mol. The van der Waals surface area contributed by atoms with Gasteiger partial charge >= 0.3 is 0 Å². The number of nitrogens with zero attached hydrogens (tertiary/aromatic N) is 2. The van der Waals surface area contributed by atoms with Crippen molar-refractivity contribution in [2.24, 2.45) is 0 Å². The quantitative estimate of drug-likeness (QED) is 0.911. The van der Waals surface area contributed by atoms with Gasteiger partial charge in [-0.25, -0.2) is 4.39 Å². The first-order chi connectivity index (χ1) is 9.24. The Morgan fingerprint density at radius 2 is 1.95 bits per heavy atom. The normalized spacial score (nSPS) is 22.4. The van der Waals surface area contributed by atoms with Crippen molar-refractivity contribution in [1.29, 1.82) is 0 Å². The van der Waals surface area contributed by atoms with Gasteiger partial charge in [0.05, 0.1) is 4.47 Å². The molecule has 3 nitrogen and oxygen atoms in total. The zero-order chi connectivity index (χ0) is 13.2. The maximum Gasteiger partial charge on any atom is 0.137 e. The summed E-state index contributed by atoms with van der Waals surface area (Å²) in [7, 11) is 0. The van der Waals surface area contributed by atoms with E-state index in [2.05, 4.69) is 31.0 Å². The van der Waals surface area contributed by atoms with Gasteiger partial charge in [-0.2, -0.15) is 0 Å². The monoisotopic (exact) mass is 327 g/mol. The van der Waals surface area contributed by atoms with Crippen molar-refractivity contribution in [2.75, 3.05) is 39.3 Å². The predicted octanol–water partition coefficient (Wildman–Crippen LogP) is 1.68. The lowest BCUT2D eigenvalue weighted by Crippen LogP contribution is -2.61. The van der Waals surface area contributed by atoms with Gasteiger partial charge in [0.15, 0.2) is 0 Å². The molecule has 0 atom stereocenters. The standard InChI is InChI=1S/C14H19BrFN3/c15-14-11(2-1-3-13(14)16)10-18-4-6-19(7-5-18)12-8-17-9-12/h1-3,12,17H,4-10H2. The van der Waals surface area contributed by atoms with Gasteiger partial charge in [-0.3, -0.25) is 9.80 Å². The molecule has 2 aliphatic heterocycles. The molecule has 0 radical (unpaired) electrons. The van der Waals surface area contributed by atoms with Crippen LogP contribution < -0.4 is 5.32 Å². The van der Waals surface area contributed by atoms with Crippen molar-refractivity contribution >= 4 is 15.9 Å². The SMILES string of the molecule is Fc1cccc(CN2CCN(C3CNC3)CC2)c1Br. The molecule has 0 spiro atoms. The Balaban J connectivity index is 1.55. The fourth-order valence-corrected chi connectivity index (χ4v) is 3.12. The molecule has 2 aliphatic rings. The second-order valence-electron chi connectivity index (χ2n) is 5.34. The number of benzene rings is 1. The molecule has 2 saturated heterocycles. The minimum absolute atomic E-state index is 0.170. The van der Waals surface area contributed by atoms with E-state index in [1.165, 1.54) is 6.07 Å². The summed E-state index contributed by atoms with van der Waals surface area (Å²) in [5.74, 6) is -0.170. The fourth-order valence-electron chi connectivity index (χ4n) is 2.73. The third-order valence-electron chi connectivity index (χ3n) is 4.11. The molecule has 0 bridgehead atoms. The van der Waals surface area contributed by atoms with Crippen molar-refractivity contribution < 1.29 is 4.39 Å². The summed E-state index contributed by atoms with van der Waals surface area (Å²) in [4.78, 5) is 4.97. The number of hydrogen-bond donors (Lipinski definition) is 1. The second kappa shape index (κ2) is 5.87. The van der Waals surface area contributed by atoms with E-state index in [0.717, 1.165) is 57.4 Å². The van der Waals surface area contributed by atoms with Crippen LogP contribution in [0.4, 0.5) is 4.39 Å². The van der Waals surface area contributed by atoms with Gasteiger partial charge in [0, 0.05) is 51.9 Å². The Morgan fingerprint density at radius 3 is 2.58 bits per heavy atom. The highest BCUT2D eigenvalue weighted by atomic mass is 79.9. The zero-order valence-electron chi connectivity index (χ0n) is 10.9. The smallest absolute Gasteiger partial charge is 0.137 e. The maximum atomic E-state index is 13.5. The summed E-state index contributed by atoms with van der Waals surface area (Å²) in [6.07, 6.45) is 0. The fraction of sp³-hybridized carbons (Fsp3) is 0.571. The average Bonchev–Trinajstić information content (AvgIpc) is 2.35. The first-order valence-corrected chi connectivity index (χ1v) is 7.63. The Hall–Kier alpha value is -0.490. The summed E-state index contributed by atoms with van der Waals surface area (Å²) in [5.41, 5.74) is 1.04. The summed E-state index contributed by atoms with van der Waals surface area (Å²) >= 11 is 3.34. The first kappa shape index (κ1) is 13.5. The first-order valence-electron chi connectivity index (χ1n) is 6.84. The van der Waals surface area contributed by atoms with E-state index in [9.17, 15) is 4.39 Å². The van der Waals surface area contributed by atoms with E-state index in [4.69, 9.17) is 0 Å². The number of piperazine rings is 1. The van der Waals surface area contributed by atoms with E-state index >= 15 is 0 Å². The van der Waals surface area contributed by atoms with Crippen LogP contribution in [-0.2, 0) is 6.54 Å². The minimum Gasteiger partial charge on any atom is -0.314 e. The van der Waals surface area contributed by atoms with Crippen LogP contribution in [0.5, 0.6) is 0 Å². The van der Waals surface area contributed by atoms with E-state index in [1.807, 2.05) is 6.07 Å². The van der Waals surface area contributed by atoms with E-state index in [1.54, 1.807) is 6.07 Å². The predicted molar refractivity (Wildman–Crippen MR) is 77.6 cm³/mol. The van der Waals surface area contributed by atoms with Crippen LogP contribution in [0, 0.1) is 5.82 Å². The summed E-state index contributed by atoms with van der Waals surface area (Å²) < 4.78 is 14.1. The molecule has 0 aromatic heterocycles. The molecule has 0 saturated carbocycles. The Morgan fingerprint density at radius 1 is 1.21 bits per heavy atom. The van der Waals surface area contributed by atoms with Gasteiger partial charge < -0.3 is 5.32 Å². The number of hydrogen-bond acceptors (Lipinski definition) is 3. The molecule has 0 amide bonds. The highest BCUT2D eigenvalue weighted by Crippen LogP contribution is 2.22. The van der Waals surface area contributed by atoms with Gasteiger partial charge in [0.1, 0.15) is 5.82 Å². The van der Waals surface area contributed by atoms with Crippen LogP contribution in [0.25, 0.3) is 0 Å². The highest BCUT2D eigenvalue weighted by Gasteiger charge is 2.27. The van der Waals surface area contributed by atoms with Gasteiger partial charge in [-0.1, -0.05) is 12.1 Å². The Labute approximate surface area is 121 Å². The molecule has 1 aromatic rings. The Kier molecular flexibility index (Phi) is 4.17. The van der Waals surface area contributed by atoms with Crippen LogP contribution in [0.2, 0.25) is 0 Å². The number of halogens is 2. The topological polar surface area (TPSA) is 18.5 Å². The molecule has 0 unspecified atom stereocenters. The molecule has 1 aromatic carbocycles. The maximum absolute atomic E-state index is 13.5. The molecular weight excluding hydrogens is 309 g/mol. The molecule has 3 rings (SSSR count). The molecular formula is C14H19BrFN3. The molecule has 2 fully saturated rings. The van der Waals surface area contributed by atoms with Crippen LogP contribution in [0.1, 0.15) is 5.56 Å². The van der Waals surface area contributed by atoms with Crippen molar-refractivity contribution in [2.45, 2.75) is 12.6 Å². The van der Waals surface area contributed by atoms with Crippen LogP contribution in [0.15, 0.2) is 22.7 Å². The largest absolute Gasteiger partial charge is 0.314 e. The zero-order valence-corrected chi connectivity index (χ0v) is 12.5. The van der Waals surface area contributed by atoms with Crippen LogP contribution >= 0.6 is 15.9 Å². The molecule has 5 heteroatoms. The molecule has 104 valence electrons. The molecule has 0 aliphatic carbocycles. The van der Waals surface area contributed by atoms with Crippen LogP contribution in [-0.4, -0.2) is 55.1 Å². The number of nitrogens with one attached hydrogen (secondary N) is 1. The van der Waals surface area contributed by atoms with E-state index < -0.39 is 0 Å². The van der Waals surface area contributed by atoms with E-state index in [0.29, 0.717) is 4.47 Å². The van der Waals surface area contributed by atoms with Crippen molar-refractivity contribution in [3.63, 3.8) is 0 Å². The van der Waals surface area contributed by atoms with E-state index in [-0.39, 0.29) is 5.82 Å². The lowest BCUT2D eigenvalue weighted by molar-refractivity contribution is 0.0694. The summed E-state index contributed by atoms with van der Waals surface area (Å²) in [6.45, 7) is 7.48. The van der Waals surface area contributed by atoms with Crippen molar-refractivity contribution in [3.05, 3.63) is 34.1 Å². The lowest BCUT2D eigenvalue weighted by Gasteiger charge is -2.43. The summed E-state index contributed by atoms with van der Waals surface area (Å²) in [5, 5.41) is 3.32. The van der Waals surface area contributed by atoms with Gasteiger partial charge in [0.25, 0.3) is 0 Å².